The van der Waals surface area contributed by atoms with Crippen LogP contribution in [0.3, 0.4) is 0 Å². The topological polar surface area (TPSA) is 63.3 Å². The molecule has 0 aliphatic heterocycles. The molecular formula is C7H6I3NO2. The molecule has 1 aliphatic rings. The highest BCUT2D eigenvalue weighted by atomic mass is 127. The molecule has 3 N–H and O–H groups in total. The van der Waals surface area contributed by atoms with E-state index < -0.39 is 15.4 Å². The summed E-state index contributed by atoms with van der Waals surface area (Å²) in [5, 5.41) is 8.97. The number of allylic oxidation sites excluding steroid dienone is 2. The highest BCUT2D eigenvalue weighted by Gasteiger charge is 2.40. The van der Waals surface area contributed by atoms with Crippen molar-refractivity contribution >= 4 is 73.7 Å². The second kappa shape index (κ2) is 4.31. The van der Waals surface area contributed by atoms with Gasteiger partial charge in [0.05, 0.1) is 0 Å². The molecule has 72 valence electrons. The smallest absolute Gasteiger partial charge is 0.314 e. The monoisotopic (exact) mass is 517 g/mol. The Balaban J connectivity index is 3.12. The Morgan fingerprint density at radius 2 is 2.15 bits per heavy atom. The van der Waals surface area contributed by atoms with E-state index in [9.17, 15) is 4.79 Å². The second-order valence-corrected chi connectivity index (χ2v) is 7.02. The van der Waals surface area contributed by atoms with Crippen LogP contribution in [0, 0.1) is 5.92 Å². The largest absolute Gasteiger partial charge is 0.481 e. The summed E-state index contributed by atoms with van der Waals surface area (Å²) in [5.74, 6) is -1.51. The standard InChI is InChI=1S/C7H6I3NO2/c8-3-1-4(9)5(6(12)13)7(10,11)2-3/h1-2,5H,11H2,(H,12,13). The van der Waals surface area contributed by atoms with Crippen LogP contribution in [0.15, 0.2) is 19.3 Å². The number of aliphatic carboxylic acids is 1. The zero-order valence-electron chi connectivity index (χ0n) is 6.30. The predicted molar refractivity (Wildman–Crippen MR) is 76.3 cm³/mol. The van der Waals surface area contributed by atoms with Gasteiger partial charge in [0.25, 0.3) is 0 Å². The Morgan fingerprint density at radius 1 is 1.62 bits per heavy atom. The summed E-state index contributed by atoms with van der Waals surface area (Å²) in [5.41, 5.74) is 5.88. The number of halogens is 3. The first-order valence-electron chi connectivity index (χ1n) is 3.30. The van der Waals surface area contributed by atoms with Gasteiger partial charge in [-0.2, -0.15) is 0 Å². The lowest BCUT2D eigenvalue weighted by Gasteiger charge is -2.29. The third kappa shape index (κ3) is 2.78. The molecule has 0 fully saturated rings. The molecule has 6 heteroatoms. The van der Waals surface area contributed by atoms with Crippen molar-refractivity contribution in [3.05, 3.63) is 19.3 Å². The van der Waals surface area contributed by atoms with Gasteiger partial charge in [-0.25, -0.2) is 0 Å². The maximum absolute atomic E-state index is 10.9. The lowest BCUT2D eigenvalue weighted by molar-refractivity contribution is -0.140. The molecule has 0 bridgehead atoms. The van der Waals surface area contributed by atoms with Crippen LogP contribution in [0.25, 0.3) is 0 Å². The van der Waals surface area contributed by atoms with Crippen LogP contribution in [0.1, 0.15) is 0 Å². The molecule has 3 nitrogen and oxygen atoms in total. The van der Waals surface area contributed by atoms with Crippen LogP contribution in [0.4, 0.5) is 0 Å². The van der Waals surface area contributed by atoms with Crippen LogP contribution in [0.5, 0.6) is 0 Å². The molecule has 13 heavy (non-hydrogen) atoms. The molecular weight excluding hydrogens is 511 g/mol. The van der Waals surface area contributed by atoms with E-state index in [-0.39, 0.29) is 0 Å². The number of hydrogen-bond donors (Lipinski definition) is 2. The second-order valence-electron chi connectivity index (χ2n) is 2.66. The van der Waals surface area contributed by atoms with Gasteiger partial charge in [0.15, 0.2) is 0 Å². The van der Waals surface area contributed by atoms with E-state index in [2.05, 4.69) is 22.6 Å². The molecule has 1 aliphatic carbocycles. The lowest BCUT2D eigenvalue weighted by Crippen LogP contribution is -2.44. The zero-order chi connectivity index (χ0) is 10.2. The summed E-state index contributed by atoms with van der Waals surface area (Å²) in [6, 6.07) is 0. The first kappa shape index (κ1) is 12.2. The minimum atomic E-state index is -0.877. The molecule has 0 spiro atoms. The summed E-state index contributed by atoms with van der Waals surface area (Å²) < 4.78 is 0.941. The number of carbonyl (C=O) groups is 1. The summed E-state index contributed by atoms with van der Waals surface area (Å²) in [6.07, 6.45) is 3.61. The van der Waals surface area contributed by atoms with Crippen LogP contribution >= 0.6 is 67.8 Å². The first-order valence-corrected chi connectivity index (χ1v) is 6.54. The van der Waals surface area contributed by atoms with E-state index >= 15 is 0 Å². The average molecular weight is 517 g/mol. The van der Waals surface area contributed by atoms with Crippen molar-refractivity contribution in [2.75, 3.05) is 0 Å². The fraction of sp³-hybridized carbons (Fsp3) is 0.286. The van der Waals surface area contributed by atoms with Gasteiger partial charge < -0.3 is 10.8 Å². The Hall–Kier alpha value is 1.10. The Bertz CT molecular complexity index is 309. The summed E-state index contributed by atoms with van der Waals surface area (Å²) in [7, 11) is 0. The number of carboxylic acid groups (broad SMARTS) is 1. The predicted octanol–water partition coefficient (Wildman–Crippen LogP) is 2.43. The van der Waals surface area contributed by atoms with Gasteiger partial charge in [-0.3, -0.25) is 4.79 Å². The third-order valence-corrected chi connectivity index (χ3v) is 4.09. The molecule has 0 saturated carbocycles. The van der Waals surface area contributed by atoms with E-state index in [4.69, 9.17) is 10.8 Å². The van der Waals surface area contributed by atoms with Crippen LogP contribution in [-0.2, 0) is 4.79 Å². The fourth-order valence-electron chi connectivity index (χ4n) is 1.07. The first-order chi connectivity index (χ1) is 5.84. The van der Waals surface area contributed by atoms with Crippen molar-refractivity contribution in [3.63, 3.8) is 0 Å². The Labute approximate surface area is 117 Å². The molecule has 0 aromatic heterocycles. The van der Waals surface area contributed by atoms with Crippen LogP contribution in [-0.4, -0.2) is 14.6 Å². The molecule has 0 amide bonds. The summed E-state index contributed by atoms with van der Waals surface area (Å²) in [6.45, 7) is 0. The van der Waals surface area contributed by atoms with E-state index in [1.165, 1.54) is 0 Å². The maximum Gasteiger partial charge on any atom is 0.314 e. The van der Waals surface area contributed by atoms with Gasteiger partial charge in [0, 0.05) is 7.16 Å². The number of rotatable bonds is 1. The molecule has 2 unspecified atom stereocenters. The molecule has 1 rings (SSSR count). The molecule has 0 radical (unpaired) electrons. The normalized spacial score (nSPS) is 33.7. The van der Waals surface area contributed by atoms with Crippen molar-refractivity contribution in [2.45, 2.75) is 3.55 Å². The average Bonchev–Trinajstić information content (AvgIpc) is 1.78. The van der Waals surface area contributed by atoms with E-state index in [0.717, 1.165) is 7.16 Å². The van der Waals surface area contributed by atoms with Crippen molar-refractivity contribution < 1.29 is 9.90 Å². The van der Waals surface area contributed by atoms with Crippen molar-refractivity contribution in [1.82, 2.24) is 0 Å². The Morgan fingerprint density at radius 3 is 2.54 bits per heavy atom. The molecule has 0 saturated heterocycles. The highest BCUT2D eigenvalue weighted by Crippen LogP contribution is 2.40. The number of alkyl halides is 1. The van der Waals surface area contributed by atoms with Crippen LogP contribution < -0.4 is 5.73 Å². The van der Waals surface area contributed by atoms with Gasteiger partial charge in [-0.05, 0) is 57.3 Å². The van der Waals surface area contributed by atoms with Crippen molar-refractivity contribution in [3.8, 4) is 0 Å². The molecule has 2 atom stereocenters. The minimum Gasteiger partial charge on any atom is -0.481 e. The third-order valence-electron chi connectivity index (χ3n) is 1.60. The number of carboxylic acids is 1. The molecule has 0 aromatic carbocycles. The van der Waals surface area contributed by atoms with Crippen molar-refractivity contribution in [1.29, 1.82) is 0 Å². The number of nitrogens with two attached hydrogens (primary N) is 1. The van der Waals surface area contributed by atoms with Gasteiger partial charge in [-0.1, -0.05) is 22.6 Å². The summed E-state index contributed by atoms with van der Waals surface area (Å²) >= 11 is 6.13. The zero-order valence-corrected chi connectivity index (χ0v) is 12.8. The van der Waals surface area contributed by atoms with Gasteiger partial charge in [0.2, 0.25) is 0 Å². The number of hydrogen-bond acceptors (Lipinski definition) is 2. The van der Waals surface area contributed by atoms with E-state index in [1.54, 1.807) is 6.08 Å². The maximum atomic E-state index is 10.9. The SMILES string of the molecule is NC1(I)C=C(I)C=C(I)C1C(=O)O. The molecule has 0 aromatic rings. The van der Waals surface area contributed by atoms with Gasteiger partial charge >= 0.3 is 5.97 Å². The van der Waals surface area contributed by atoms with Crippen molar-refractivity contribution in [2.24, 2.45) is 11.7 Å². The van der Waals surface area contributed by atoms with Gasteiger partial charge in [0.1, 0.15) is 9.46 Å². The molecule has 0 heterocycles. The quantitative estimate of drug-likeness (QED) is 0.320. The Kier molecular flexibility index (Phi) is 4.03. The van der Waals surface area contributed by atoms with Gasteiger partial charge in [-0.15, -0.1) is 0 Å². The lowest BCUT2D eigenvalue weighted by atomic mass is 9.96. The van der Waals surface area contributed by atoms with E-state index in [0.29, 0.717) is 0 Å². The fourth-order valence-corrected chi connectivity index (χ4v) is 5.76. The van der Waals surface area contributed by atoms with Crippen LogP contribution in [0.2, 0.25) is 0 Å². The van der Waals surface area contributed by atoms with E-state index in [1.807, 2.05) is 51.3 Å². The minimum absolute atomic E-state index is 0.632. The highest BCUT2D eigenvalue weighted by molar-refractivity contribution is 14.1. The summed E-state index contributed by atoms with van der Waals surface area (Å²) in [4.78, 5) is 10.9.